The van der Waals surface area contributed by atoms with Gasteiger partial charge in [0.15, 0.2) is 23.1 Å². The number of ether oxygens (including phenoxy) is 2. The summed E-state index contributed by atoms with van der Waals surface area (Å²) in [6.07, 6.45) is 0.498. The van der Waals surface area contributed by atoms with E-state index in [4.69, 9.17) is 9.47 Å². The number of Topliss-reactive ketones (excluding diaryl/α,β-unsaturated/α-hetero) is 2. The Morgan fingerprint density at radius 2 is 1.66 bits per heavy atom. The van der Waals surface area contributed by atoms with Crippen molar-refractivity contribution in [1.82, 2.24) is 5.32 Å². The van der Waals surface area contributed by atoms with Crippen molar-refractivity contribution in [3.8, 4) is 17.2 Å². The average molecular weight is 569 g/mol. The average Bonchev–Trinajstić information content (AvgIpc) is 2.92. The highest BCUT2D eigenvalue weighted by atomic mass is 19.4. The molecule has 2 aromatic rings. The van der Waals surface area contributed by atoms with Crippen LogP contribution in [-0.2, 0) is 22.2 Å². The van der Waals surface area contributed by atoms with E-state index in [0.29, 0.717) is 72.9 Å². The minimum Gasteiger partial charge on any atom is -0.493 e. The van der Waals surface area contributed by atoms with Gasteiger partial charge in [-0.05, 0) is 55.9 Å². The van der Waals surface area contributed by atoms with Gasteiger partial charge >= 0.3 is 11.9 Å². The van der Waals surface area contributed by atoms with E-state index in [1.807, 2.05) is 0 Å². The number of methoxy groups -OCH3 is 1. The van der Waals surface area contributed by atoms with Gasteiger partial charge in [-0.15, -0.1) is 6.58 Å². The molecule has 0 atom stereocenters. The molecule has 0 aromatic heterocycles. The largest absolute Gasteiger partial charge is 0.493 e. The van der Waals surface area contributed by atoms with Crippen molar-refractivity contribution in [3.05, 3.63) is 92.3 Å². The molecule has 1 N–H and O–H groups in total. The molecule has 0 fully saturated rings. The molecule has 0 unspecified atom stereocenters. The molecule has 1 aliphatic heterocycles. The molecule has 8 nitrogen and oxygen atoms in total. The van der Waals surface area contributed by atoms with Crippen molar-refractivity contribution >= 4 is 17.3 Å². The quantitative estimate of drug-likeness (QED) is 0.221. The predicted octanol–water partition coefficient (Wildman–Crippen LogP) is 6.84. The highest BCUT2D eigenvalue weighted by Crippen LogP contribution is 2.49. The summed E-state index contributed by atoms with van der Waals surface area (Å²) in [6, 6.07) is 5.38. The van der Waals surface area contributed by atoms with E-state index >= 15 is 0 Å². The number of hydrogen-bond donors (Lipinski definition) is 1. The SMILES string of the molecule is C=CCc1cc(C2C3=C(CCCC3=O)NC3=C2C(=O)CCC3)cc(OC)c1Oc1ccc(C(F)(F)F)cc1[N+](=O)[O-]. The molecular weight excluding hydrogens is 541 g/mol. The Morgan fingerprint density at radius 1 is 1.02 bits per heavy atom. The number of benzene rings is 2. The fourth-order valence-electron chi connectivity index (χ4n) is 5.77. The van der Waals surface area contributed by atoms with Crippen LogP contribution in [0.2, 0.25) is 0 Å². The molecular formula is C30H27F3N2O6. The number of allylic oxidation sites excluding steroid dienone is 5. The first-order chi connectivity index (χ1) is 19.5. The Balaban J connectivity index is 1.66. The second-order valence-electron chi connectivity index (χ2n) is 10.1. The third kappa shape index (κ3) is 5.23. The van der Waals surface area contributed by atoms with E-state index in [2.05, 4.69) is 11.9 Å². The number of dihydropyridines is 1. The first-order valence-corrected chi connectivity index (χ1v) is 13.2. The third-order valence-corrected chi connectivity index (χ3v) is 7.56. The number of nitrogens with one attached hydrogen (secondary N) is 1. The lowest BCUT2D eigenvalue weighted by molar-refractivity contribution is -0.385. The summed E-state index contributed by atoms with van der Waals surface area (Å²) in [5, 5.41) is 15.0. The summed E-state index contributed by atoms with van der Waals surface area (Å²) in [6.45, 7) is 3.78. The van der Waals surface area contributed by atoms with Crippen LogP contribution in [0, 0.1) is 10.1 Å². The lowest BCUT2D eigenvalue weighted by Gasteiger charge is -2.37. The summed E-state index contributed by atoms with van der Waals surface area (Å²) in [5.74, 6) is -0.920. The molecule has 1 heterocycles. The van der Waals surface area contributed by atoms with E-state index in [9.17, 15) is 32.9 Å². The molecule has 2 aliphatic carbocycles. The number of ketones is 2. The molecule has 0 saturated heterocycles. The van der Waals surface area contributed by atoms with Crippen LogP contribution < -0.4 is 14.8 Å². The van der Waals surface area contributed by atoms with Crippen LogP contribution in [0.3, 0.4) is 0 Å². The van der Waals surface area contributed by atoms with Gasteiger partial charge in [0.2, 0.25) is 5.75 Å². The molecule has 41 heavy (non-hydrogen) atoms. The predicted molar refractivity (Wildman–Crippen MR) is 143 cm³/mol. The van der Waals surface area contributed by atoms with Crippen LogP contribution in [-0.4, -0.2) is 23.6 Å². The maximum Gasteiger partial charge on any atom is 0.416 e. The molecule has 3 aliphatic rings. The van der Waals surface area contributed by atoms with Gasteiger partial charge in [-0.3, -0.25) is 19.7 Å². The lowest BCUT2D eigenvalue weighted by Crippen LogP contribution is -2.36. The Hall–Kier alpha value is -4.41. The van der Waals surface area contributed by atoms with Crippen LogP contribution >= 0.6 is 0 Å². The summed E-state index contributed by atoms with van der Waals surface area (Å²) in [5.41, 5.74) is 1.75. The second-order valence-corrected chi connectivity index (χ2v) is 10.1. The van der Waals surface area contributed by atoms with Crippen molar-refractivity contribution in [2.45, 2.75) is 57.0 Å². The third-order valence-electron chi connectivity index (χ3n) is 7.56. The molecule has 0 amide bonds. The van der Waals surface area contributed by atoms with E-state index in [1.165, 1.54) is 7.11 Å². The van der Waals surface area contributed by atoms with Gasteiger partial charge < -0.3 is 14.8 Å². The Labute approximate surface area is 233 Å². The van der Waals surface area contributed by atoms with Crippen LogP contribution in [0.25, 0.3) is 0 Å². The van der Waals surface area contributed by atoms with Crippen molar-refractivity contribution < 1.29 is 37.2 Å². The molecule has 5 rings (SSSR count). The molecule has 0 radical (unpaired) electrons. The van der Waals surface area contributed by atoms with Gasteiger partial charge in [-0.25, -0.2) is 0 Å². The standard InChI is InChI=1S/C30H27F3N2O6/c1-3-6-16-13-17(26-27-19(7-4-9-22(27)36)34-20-8-5-10-23(37)28(20)26)14-25(40-2)29(16)41-24-12-11-18(30(31,32)33)15-21(24)35(38)39/h3,11-15,26,34H,1,4-10H2,2H3. The summed E-state index contributed by atoms with van der Waals surface area (Å²) in [7, 11) is 1.36. The summed E-state index contributed by atoms with van der Waals surface area (Å²) >= 11 is 0. The number of nitro groups is 1. The van der Waals surface area contributed by atoms with Crippen LogP contribution in [0.1, 0.15) is 61.1 Å². The fourth-order valence-corrected chi connectivity index (χ4v) is 5.77. The Kier molecular flexibility index (Phi) is 7.46. The lowest BCUT2D eigenvalue weighted by atomic mass is 9.71. The Morgan fingerprint density at radius 3 is 2.20 bits per heavy atom. The number of halogens is 3. The minimum absolute atomic E-state index is 0.0429. The molecule has 2 aromatic carbocycles. The van der Waals surface area contributed by atoms with Crippen molar-refractivity contribution in [3.63, 3.8) is 0 Å². The van der Waals surface area contributed by atoms with Gasteiger partial charge in [-0.1, -0.05) is 12.1 Å². The molecule has 0 spiro atoms. The first kappa shape index (κ1) is 28.1. The second kappa shape index (κ2) is 10.9. The molecule has 0 saturated carbocycles. The summed E-state index contributed by atoms with van der Waals surface area (Å²) in [4.78, 5) is 37.2. The number of nitro benzene ring substituents is 1. The monoisotopic (exact) mass is 568 g/mol. The topological polar surface area (TPSA) is 108 Å². The maximum atomic E-state index is 13.2. The van der Waals surface area contributed by atoms with Crippen LogP contribution in [0.4, 0.5) is 18.9 Å². The van der Waals surface area contributed by atoms with Crippen LogP contribution in [0.5, 0.6) is 17.2 Å². The molecule has 11 heteroatoms. The fraction of sp³-hybridized carbons (Fsp3) is 0.333. The van der Waals surface area contributed by atoms with Gasteiger partial charge in [0.25, 0.3) is 0 Å². The number of hydrogen-bond acceptors (Lipinski definition) is 7. The highest BCUT2D eigenvalue weighted by molar-refractivity contribution is 6.06. The van der Waals surface area contributed by atoms with E-state index in [1.54, 1.807) is 18.2 Å². The highest BCUT2D eigenvalue weighted by Gasteiger charge is 2.41. The molecule has 0 bridgehead atoms. The number of alkyl halides is 3. The number of carbonyl (C=O) groups excluding carboxylic acids is 2. The normalized spacial score (nSPS) is 17.6. The Bertz CT molecular complexity index is 1500. The number of nitrogens with zero attached hydrogens (tertiary/aromatic N) is 1. The number of rotatable bonds is 7. The summed E-state index contributed by atoms with van der Waals surface area (Å²) < 4.78 is 51.2. The smallest absolute Gasteiger partial charge is 0.416 e. The van der Waals surface area contributed by atoms with Crippen molar-refractivity contribution in [1.29, 1.82) is 0 Å². The van der Waals surface area contributed by atoms with Gasteiger partial charge in [-0.2, -0.15) is 13.2 Å². The first-order valence-electron chi connectivity index (χ1n) is 13.2. The van der Waals surface area contributed by atoms with Crippen LogP contribution in [0.15, 0.2) is 65.5 Å². The van der Waals surface area contributed by atoms with E-state index in [-0.39, 0.29) is 29.5 Å². The van der Waals surface area contributed by atoms with Crippen molar-refractivity contribution in [2.75, 3.05) is 7.11 Å². The van der Waals surface area contributed by atoms with Gasteiger partial charge in [0.1, 0.15) is 0 Å². The van der Waals surface area contributed by atoms with Gasteiger partial charge in [0.05, 0.1) is 17.6 Å². The zero-order chi connectivity index (χ0) is 29.5. The molecule has 214 valence electrons. The zero-order valence-electron chi connectivity index (χ0n) is 22.2. The van der Waals surface area contributed by atoms with E-state index in [0.717, 1.165) is 17.5 Å². The maximum absolute atomic E-state index is 13.2. The van der Waals surface area contributed by atoms with Gasteiger partial charge in [0, 0.05) is 52.9 Å². The van der Waals surface area contributed by atoms with Crippen molar-refractivity contribution in [2.24, 2.45) is 0 Å². The number of carbonyl (C=O) groups is 2. The minimum atomic E-state index is -4.78. The van der Waals surface area contributed by atoms with E-state index < -0.39 is 34.0 Å². The zero-order valence-corrected chi connectivity index (χ0v) is 22.2.